The van der Waals surface area contributed by atoms with E-state index in [9.17, 15) is 4.79 Å². The number of carbonyl (C=O) groups is 1. The van der Waals surface area contributed by atoms with Gasteiger partial charge in [-0.15, -0.1) is 0 Å². The van der Waals surface area contributed by atoms with E-state index in [1.165, 1.54) is 0 Å². The molecule has 1 saturated heterocycles. The van der Waals surface area contributed by atoms with Gasteiger partial charge < -0.3 is 15.3 Å². The minimum atomic E-state index is -0.322. The maximum atomic E-state index is 11.3. The molecule has 0 spiro atoms. The Balaban J connectivity index is 2.23. The molecule has 1 heterocycles. The highest BCUT2D eigenvalue weighted by atomic mass is 16.3. The van der Waals surface area contributed by atoms with Gasteiger partial charge in [0, 0.05) is 19.6 Å². The lowest BCUT2D eigenvalue weighted by Crippen LogP contribution is -2.39. The van der Waals surface area contributed by atoms with Gasteiger partial charge in [-0.25, -0.2) is 4.79 Å². The number of aliphatic hydroxyl groups excluding tert-OH is 1. The zero-order valence-corrected chi connectivity index (χ0v) is 7.42. The van der Waals surface area contributed by atoms with Gasteiger partial charge in [-0.1, -0.05) is 6.92 Å². The van der Waals surface area contributed by atoms with Gasteiger partial charge >= 0.3 is 6.03 Å². The second kappa shape index (κ2) is 4.30. The lowest BCUT2D eigenvalue weighted by Gasteiger charge is -2.15. The van der Waals surface area contributed by atoms with Gasteiger partial charge in [0.2, 0.25) is 0 Å². The normalized spacial score (nSPS) is 22.8. The third-order valence-electron chi connectivity index (χ3n) is 1.98. The van der Waals surface area contributed by atoms with E-state index >= 15 is 0 Å². The van der Waals surface area contributed by atoms with Crippen LogP contribution in [0.2, 0.25) is 0 Å². The van der Waals surface area contributed by atoms with Crippen LogP contribution in [0.3, 0.4) is 0 Å². The summed E-state index contributed by atoms with van der Waals surface area (Å²) in [4.78, 5) is 12.9. The quantitative estimate of drug-likeness (QED) is 0.624. The summed E-state index contributed by atoms with van der Waals surface area (Å²) in [6.07, 6.45) is 1.33. The molecule has 1 atom stereocenters. The predicted octanol–water partition coefficient (Wildman–Crippen LogP) is 0.173. The molecule has 1 rings (SSSR count). The molecule has 2 amide bonds. The molecule has 0 unspecified atom stereocenters. The fraction of sp³-hybridized carbons (Fsp3) is 0.875. The van der Waals surface area contributed by atoms with Crippen molar-refractivity contribution in [3.8, 4) is 0 Å². The monoisotopic (exact) mass is 172 g/mol. The molecule has 0 aromatic carbocycles. The molecule has 4 heteroatoms. The maximum Gasteiger partial charge on any atom is 0.317 e. The topological polar surface area (TPSA) is 52.6 Å². The van der Waals surface area contributed by atoms with E-state index in [0.29, 0.717) is 26.1 Å². The van der Waals surface area contributed by atoms with E-state index in [4.69, 9.17) is 5.11 Å². The zero-order chi connectivity index (χ0) is 8.97. The number of carbonyl (C=O) groups excluding carboxylic acids is 1. The largest absolute Gasteiger partial charge is 0.391 e. The molecule has 12 heavy (non-hydrogen) atoms. The maximum absolute atomic E-state index is 11.3. The van der Waals surface area contributed by atoms with Crippen molar-refractivity contribution >= 4 is 6.03 Å². The molecule has 1 aliphatic heterocycles. The van der Waals surface area contributed by atoms with Crippen molar-refractivity contribution in [3.63, 3.8) is 0 Å². The highest BCUT2D eigenvalue weighted by molar-refractivity contribution is 5.74. The second-order valence-electron chi connectivity index (χ2n) is 3.12. The first-order valence-electron chi connectivity index (χ1n) is 4.45. The molecule has 0 aromatic rings. The number of nitrogens with zero attached hydrogens (tertiary/aromatic N) is 1. The molecule has 0 aromatic heterocycles. The fourth-order valence-corrected chi connectivity index (χ4v) is 1.27. The zero-order valence-electron chi connectivity index (χ0n) is 7.42. The Morgan fingerprint density at radius 1 is 1.75 bits per heavy atom. The molecule has 1 fully saturated rings. The van der Waals surface area contributed by atoms with Crippen LogP contribution in [-0.2, 0) is 0 Å². The highest BCUT2D eigenvalue weighted by Gasteiger charge is 2.23. The molecule has 4 nitrogen and oxygen atoms in total. The summed E-state index contributed by atoms with van der Waals surface area (Å²) in [6.45, 7) is 3.89. The van der Waals surface area contributed by atoms with Crippen LogP contribution in [0.4, 0.5) is 4.79 Å². The Hall–Kier alpha value is -0.770. The molecule has 0 radical (unpaired) electrons. The van der Waals surface area contributed by atoms with Gasteiger partial charge in [0.1, 0.15) is 0 Å². The fourth-order valence-electron chi connectivity index (χ4n) is 1.27. The van der Waals surface area contributed by atoms with Gasteiger partial charge in [-0.3, -0.25) is 0 Å². The van der Waals surface area contributed by atoms with Crippen LogP contribution in [0, 0.1) is 0 Å². The minimum absolute atomic E-state index is 0.0478. The molecule has 0 aliphatic carbocycles. The highest BCUT2D eigenvalue weighted by Crippen LogP contribution is 2.07. The minimum Gasteiger partial charge on any atom is -0.391 e. The van der Waals surface area contributed by atoms with E-state index in [0.717, 1.165) is 6.42 Å². The molecule has 0 bridgehead atoms. The first-order valence-corrected chi connectivity index (χ1v) is 4.45. The number of aliphatic hydroxyl groups is 1. The number of nitrogens with one attached hydrogen (secondary N) is 1. The SMILES string of the molecule is CCCNC(=O)N1CC[C@H](O)C1. The summed E-state index contributed by atoms with van der Waals surface area (Å²) in [5.41, 5.74) is 0. The summed E-state index contributed by atoms with van der Waals surface area (Å²) in [6, 6.07) is -0.0478. The van der Waals surface area contributed by atoms with Crippen LogP contribution in [0.5, 0.6) is 0 Å². The second-order valence-corrected chi connectivity index (χ2v) is 3.12. The molecule has 1 aliphatic rings. The molecule has 70 valence electrons. The van der Waals surface area contributed by atoms with Crippen LogP contribution in [0.1, 0.15) is 19.8 Å². The standard InChI is InChI=1S/C8H16N2O2/c1-2-4-9-8(12)10-5-3-7(11)6-10/h7,11H,2-6H2,1H3,(H,9,12)/t7-/m0/s1. The summed E-state index contributed by atoms with van der Waals surface area (Å²) in [5, 5.41) is 11.9. The van der Waals surface area contributed by atoms with Gasteiger partial charge in [-0.05, 0) is 12.8 Å². The van der Waals surface area contributed by atoms with Crippen molar-refractivity contribution in [1.29, 1.82) is 0 Å². The Morgan fingerprint density at radius 3 is 3.00 bits per heavy atom. The number of hydrogen-bond acceptors (Lipinski definition) is 2. The summed E-state index contributed by atoms with van der Waals surface area (Å²) in [7, 11) is 0. The van der Waals surface area contributed by atoms with Crippen molar-refractivity contribution in [2.24, 2.45) is 0 Å². The molecule has 2 N–H and O–H groups in total. The van der Waals surface area contributed by atoms with Crippen molar-refractivity contribution < 1.29 is 9.90 Å². The Kier molecular flexibility index (Phi) is 3.34. The average molecular weight is 172 g/mol. The van der Waals surface area contributed by atoms with Crippen molar-refractivity contribution in [1.82, 2.24) is 10.2 Å². The number of rotatable bonds is 2. The Morgan fingerprint density at radius 2 is 2.50 bits per heavy atom. The van der Waals surface area contributed by atoms with Crippen molar-refractivity contribution in [2.75, 3.05) is 19.6 Å². The van der Waals surface area contributed by atoms with Gasteiger partial charge in [-0.2, -0.15) is 0 Å². The third-order valence-corrected chi connectivity index (χ3v) is 1.98. The van der Waals surface area contributed by atoms with Crippen LogP contribution >= 0.6 is 0 Å². The van der Waals surface area contributed by atoms with Crippen LogP contribution < -0.4 is 5.32 Å². The Labute approximate surface area is 72.6 Å². The van der Waals surface area contributed by atoms with Crippen LogP contribution in [-0.4, -0.2) is 41.8 Å². The molecular weight excluding hydrogens is 156 g/mol. The lowest BCUT2D eigenvalue weighted by molar-refractivity contribution is 0.172. The first-order chi connectivity index (χ1) is 5.74. The summed E-state index contributed by atoms with van der Waals surface area (Å²) >= 11 is 0. The van der Waals surface area contributed by atoms with E-state index in [1.54, 1.807) is 4.90 Å². The van der Waals surface area contributed by atoms with E-state index in [1.807, 2.05) is 6.92 Å². The number of likely N-dealkylation sites (tertiary alicyclic amines) is 1. The number of amides is 2. The van der Waals surface area contributed by atoms with Crippen LogP contribution in [0.15, 0.2) is 0 Å². The summed E-state index contributed by atoms with van der Waals surface area (Å²) in [5.74, 6) is 0. The van der Waals surface area contributed by atoms with Gasteiger partial charge in [0.05, 0.1) is 6.10 Å². The molecular formula is C8H16N2O2. The number of β-amino-alcohol motifs (C(OH)–C–C–N with tert-alkyl or cyclic N) is 1. The predicted molar refractivity (Wildman–Crippen MR) is 45.9 cm³/mol. The number of urea groups is 1. The van der Waals surface area contributed by atoms with Gasteiger partial charge in [0.25, 0.3) is 0 Å². The van der Waals surface area contributed by atoms with Crippen molar-refractivity contribution in [2.45, 2.75) is 25.9 Å². The van der Waals surface area contributed by atoms with Gasteiger partial charge in [0.15, 0.2) is 0 Å². The van der Waals surface area contributed by atoms with E-state index < -0.39 is 0 Å². The Bertz CT molecular complexity index is 161. The first kappa shape index (κ1) is 9.32. The number of hydrogen-bond donors (Lipinski definition) is 2. The average Bonchev–Trinajstić information content (AvgIpc) is 2.47. The smallest absolute Gasteiger partial charge is 0.317 e. The van der Waals surface area contributed by atoms with E-state index in [2.05, 4.69) is 5.32 Å². The molecule has 0 saturated carbocycles. The van der Waals surface area contributed by atoms with E-state index in [-0.39, 0.29) is 12.1 Å². The summed E-state index contributed by atoms with van der Waals surface area (Å²) < 4.78 is 0. The van der Waals surface area contributed by atoms with Crippen LogP contribution in [0.25, 0.3) is 0 Å². The lowest BCUT2D eigenvalue weighted by atomic mass is 10.3. The van der Waals surface area contributed by atoms with Crippen molar-refractivity contribution in [3.05, 3.63) is 0 Å². The third kappa shape index (κ3) is 2.37.